The van der Waals surface area contributed by atoms with Crippen LogP contribution >= 0.6 is 0 Å². The van der Waals surface area contributed by atoms with Crippen molar-refractivity contribution in [2.75, 3.05) is 0 Å². The van der Waals surface area contributed by atoms with Gasteiger partial charge < -0.3 is 4.98 Å². The van der Waals surface area contributed by atoms with Crippen molar-refractivity contribution in [3.63, 3.8) is 0 Å². The van der Waals surface area contributed by atoms with Crippen LogP contribution < -0.4 is 0 Å². The van der Waals surface area contributed by atoms with Gasteiger partial charge in [0, 0.05) is 27.4 Å². The Balaban J connectivity index is 2.13. The lowest BCUT2D eigenvalue weighted by Gasteiger charge is -2.17. The SMILES string of the molecule is CC(C)(C)c1[nH]nc(N=Nc2c(C(C)(C)C)[nH]c3ccccc23)c1C#N. The molecule has 1 aromatic carbocycles. The quantitative estimate of drug-likeness (QED) is 0.575. The largest absolute Gasteiger partial charge is 0.356 e. The highest BCUT2D eigenvalue weighted by atomic mass is 15.2. The van der Waals surface area contributed by atoms with Crippen molar-refractivity contribution in [1.29, 1.82) is 5.26 Å². The molecule has 0 bridgehead atoms. The van der Waals surface area contributed by atoms with Gasteiger partial charge in [-0.2, -0.15) is 10.4 Å². The third-order valence-electron chi connectivity index (χ3n) is 4.28. The molecule has 0 unspecified atom stereocenters. The van der Waals surface area contributed by atoms with Crippen molar-refractivity contribution in [3.05, 3.63) is 41.2 Å². The minimum absolute atomic E-state index is 0.117. The van der Waals surface area contributed by atoms with Crippen LogP contribution in [0.1, 0.15) is 58.5 Å². The summed E-state index contributed by atoms with van der Waals surface area (Å²) in [6.07, 6.45) is 0. The molecule has 134 valence electrons. The zero-order valence-electron chi connectivity index (χ0n) is 16.1. The highest BCUT2D eigenvalue weighted by Crippen LogP contribution is 2.39. The Bertz CT molecular complexity index is 1020. The van der Waals surface area contributed by atoms with E-state index < -0.39 is 0 Å². The van der Waals surface area contributed by atoms with E-state index in [2.05, 4.69) is 52.3 Å². The fraction of sp³-hybridized carbons (Fsp3) is 0.400. The summed E-state index contributed by atoms with van der Waals surface area (Å²) < 4.78 is 0. The summed E-state index contributed by atoms with van der Waals surface area (Å²) in [5, 5.41) is 26.5. The summed E-state index contributed by atoms with van der Waals surface area (Å²) >= 11 is 0. The Morgan fingerprint density at radius 2 is 1.62 bits per heavy atom. The van der Waals surface area contributed by atoms with Crippen LogP contribution in [0.3, 0.4) is 0 Å². The van der Waals surface area contributed by atoms with Crippen molar-refractivity contribution >= 4 is 22.4 Å². The number of benzene rings is 1. The van der Waals surface area contributed by atoms with E-state index in [1.807, 2.05) is 45.0 Å². The lowest BCUT2D eigenvalue weighted by Crippen LogP contribution is -2.13. The van der Waals surface area contributed by atoms with Crippen LogP contribution in [0.4, 0.5) is 11.5 Å². The third-order valence-corrected chi connectivity index (χ3v) is 4.28. The molecule has 2 aromatic heterocycles. The maximum Gasteiger partial charge on any atom is 0.213 e. The summed E-state index contributed by atoms with van der Waals surface area (Å²) in [6, 6.07) is 10.2. The molecule has 0 atom stereocenters. The highest BCUT2D eigenvalue weighted by molar-refractivity contribution is 5.93. The van der Waals surface area contributed by atoms with Crippen LogP contribution in [-0.4, -0.2) is 15.2 Å². The molecule has 0 amide bonds. The number of fused-ring (bicyclic) bond motifs is 1. The molecule has 3 aromatic rings. The summed E-state index contributed by atoms with van der Waals surface area (Å²) in [5.74, 6) is 0.322. The Morgan fingerprint density at radius 3 is 2.23 bits per heavy atom. The number of nitrogens with one attached hydrogen (secondary N) is 2. The fourth-order valence-corrected chi connectivity index (χ4v) is 2.92. The molecular formula is C20H24N6. The van der Waals surface area contributed by atoms with Gasteiger partial charge in [0.15, 0.2) is 0 Å². The molecule has 26 heavy (non-hydrogen) atoms. The third kappa shape index (κ3) is 3.13. The summed E-state index contributed by atoms with van der Waals surface area (Å²) in [4.78, 5) is 3.45. The maximum absolute atomic E-state index is 9.55. The molecule has 2 heterocycles. The van der Waals surface area contributed by atoms with Gasteiger partial charge in [0.25, 0.3) is 0 Å². The molecule has 0 aliphatic heterocycles. The van der Waals surface area contributed by atoms with Crippen LogP contribution in [-0.2, 0) is 10.8 Å². The van der Waals surface area contributed by atoms with Crippen LogP contribution in [0.15, 0.2) is 34.5 Å². The van der Waals surface area contributed by atoms with Gasteiger partial charge in [-0.25, -0.2) is 0 Å². The first-order chi connectivity index (χ1) is 12.1. The first-order valence-corrected chi connectivity index (χ1v) is 8.65. The van der Waals surface area contributed by atoms with Crippen molar-refractivity contribution in [2.24, 2.45) is 10.2 Å². The average Bonchev–Trinajstić information content (AvgIpc) is 3.13. The zero-order chi connectivity index (χ0) is 19.1. The monoisotopic (exact) mass is 348 g/mol. The van der Waals surface area contributed by atoms with Gasteiger partial charge in [0.2, 0.25) is 5.82 Å². The van der Waals surface area contributed by atoms with Gasteiger partial charge in [0.1, 0.15) is 17.3 Å². The van der Waals surface area contributed by atoms with Crippen molar-refractivity contribution in [1.82, 2.24) is 15.2 Å². The van der Waals surface area contributed by atoms with Crippen LogP contribution in [0, 0.1) is 11.3 Å². The number of H-pyrrole nitrogens is 2. The molecule has 0 saturated heterocycles. The zero-order valence-corrected chi connectivity index (χ0v) is 16.1. The molecular weight excluding hydrogens is 324 g/mol. The number of hydrogen-bond donors (Lipinski definition) is 2. The number of azo groups is 1. The molecule has 3 rings (SSSR count). The Labute approximate surface area is 153 Å². The number of rotatable bonds is 2. The first kappa shape index (κ1) is 17.9. The minimum Gasteiger partial charge on any atom is -0.356 e. The van der Waals surface area contributed by atoms with E-state index in [4.69, 9.17) is 0 Å². The molecule has 0 saturated carbocycles. The van der Waals surface area contributed by atoms with Crippen molar-refractivity contribution < 1.29 is 0 Å². The Kier molecular flexibility index (Phi) is 4.19. The Morgan fingerprint density at radius 1 is 0.962 bits per heavy atom. The molecule has 0 radical (unpaired) electrons. The minimum atomic E-state index is -0.219. The number of aromatic nitrogens is 3. The van der Waals surface area contributed by atoms with E-state index in [1.165, 1.54) is 0 Å². The molecule has 6 nitrogen and oxygen atoms in total. The number of aromatic amines is 2. The molecule has 0 aliphatic carbocycles. The van der Waals surface area contributed by atoms with Crippen LogP contribution in [0.25, 0.3) is 10.9 Å². The molecule has 0 spiro atoms. The van der Waals surface area contributed by atoms with E-state index in [0.29, 0.717) is 11.4 Å². The lowest BCUT2D eigenvalue weighted by atomic mass is 9.90. The smallest absolute Gasteiger partial charge is 0.213 e. The second kappa shape index (κ2) is 6.10. The predicted octanol–water partition coefficient (Wildman–Crippen LogP) is 5.77. The number of nitriles is 1. The number of hydrogen-bond acceptors (Lipinski definition) is 4. The molecule has 0 aliphatic rings. The first-order valence-electron chi connectivity index (χ1n) is 8.65. The van der Waals surface area contributed by atoms with E-state index in [1.54, 1.807) is 0 Å². The van der Waals surface area contributed by atoms with Crippen LogP contribution in [0.5, 0.6) is 0 Å². The van der Waals surface area contributed by atoms with Crippen LogP contribution in [0.2, 0.25) is 0 Å². The molecule has 0 fully saturated rings. The summed E-state index contributed by atoms with van der Waals surface area (Å²) in [6.45, 7) is 12.5. The van der Waals surface area contributed by atoms with Gasteiger partial charge in [-0.15, -0.1) is 10.2 Å². The second-order valence-electron chi connectivity index (χ2n) is 8.50. The van der Waals surface area contributed by atoms with Gasteiger partial charge in [0.05, 0.1) is 5.69 Å². The van der Waals surface area contributed by atoms with Gasteiger partial charge in [-0.05, 0) is 6.07 Å². The molecule has 2 N–H and O–H groups in total. The standard InChI is InChI=1S/C20H24N6/c1-19(2,3)16-13(11-21)18(26-24-16)25-23-15-12-9-7-8-10-14(12)22-17(15)20(4,5)6/h7-10,22H,1-6H3,(H,24,26). The second-order valence-corrected chi connectivity index (χ2v) is 8.50. The topological polar surface area (TPSA) is 93.0 Å². The van der Waals surface area contributed by atoms with E-state index >= 15 is 0 Å². The predicted molar refractivity (Wildman–Crippen MR) is 103 cm³/mol. The van der Waals surface area contributed by atoms with Gasteiger partial charge >= 0.3 is 0 Å². The lowest BCUT2D eigenvalue weighted by molar-refractivity contribution is 0.565. The van der Waals surface area contributed by atoms with Gasteiger partial charge in [-0.3, -0.25) is 5.10 Å². The highest BCUT2D eigenvalue weighted by Gasteiger charge is 2.25. The van der Waals surface area contributed by atoms with E-state index in [-0.39, 0.29) is 10.8 Å². The summed E-state index contributed by atoms with van der Waals surface area (Å²) in [7, 11) is 0. The van der Waals surface area contributed by atoms with Crippen molar-refractivity contribution in [3.8, 4) is 6.07 Å². The number of nitrogens with zero attached hydrogens (tertiary/aromatic N) is 4. The number of para-hydroxylation sites is 1. The van der Waals surface area contributed by atoms with Crippen molar-refractivity contribution in [2.45, 2.75) is 52.4 Å². The van der Waals surface area contributed by atoms with E-state index in [0.717, 1.165) is 28.0 Å². The molecule has 6 heteroatoms. The van der Waals surface area contributed by atoms with E-state index in [9.17, 15) is 5.26 Å². The maximum atomic E-state index is 9.55. The normalized spacial score (nSPS) is 12.8. The fourth-order valence-electron chi connectivity index (χ4n) is 2.92. The average molecular weight is 348 g/mol. The summed E-state index contributed by atoms with van der Waals surface area (Å²) in [5.41, 5.74) is 3.69. The van der Waals surface area contributed by atoms with Gasteiger partial charge in [-0.1, -0.05) is 59.7 Å². The Hall–Kier alpha value is -2.94.